The van der Waals surface area contributed by atoms with E-state index in [1.165, 1.54) is 22.4 Å². The molecule has 3 rings (SSSR count). The lowest BCUT2D eigenvalue weighted by Crippen LogP contribution is -1.96. The molecule has 0 aliphatic carbocycles. The summed E-state index contributed by atoms with van der Waals surface area (Å²) in [7, 11) is -4.02. The average molecular weight is 368 g/mol. The van der Waals surface area contributed by atoms with Crippen molar-refractivity contribution in [2.45, 2.75) is 23.1 Å². The van der Waals surface area contributed by atoms with Crippen LogP contribution < -0.4 is 0 Å². The second-order valence-electron chi connectivity index (χ2n) is 4.89. The Morgan fingerprint density at radius 2 is 1.74 bits per heavy atom. The number of hydrogen-bond donors (Lipinski definition) is 1. The smallest absolute Gasteiger partial charge is 0.282 e. The predicted molar refractivity (Wildman–Crippen MR) is 97.1 cm³/mol. The van der Waals surface area contributed by atoms with Crippen molar-refractivity contribution in [3.05, 3.63) is 53.6 Å². The summed E-state index contributed by atoms with van der Waals surface area (Å²) in [6.07, 6.45) is 2.06. The Bertz CT molecular complexity index is 900. The highest BCUT2D eigenvalue weighted by molar-refractivity contribution is 8.00. The van der Waals surface area contributed by atoms with Crippen molar-refractivity contribution in [2.24, 2.45) is 0 Å². The molecule has 1 aromatic heterocycles. The molecule has 3 aromatic rings. The lowest BCUT2D eigenvalue weighted by atomic mass is 10.2. The van der Waals surface area contributed by atoms with E-state index in [0.717, 1.165) is 15.4 Å². The van der Waals surface area contributed by atoms with Crippen LogP contribution in [0, 0.1) is 13.8 Å². The minimum atomic E-state index is -4.02. The van der Waals surface area contributed by atoms with Gasteiger partial charge >= 0.3 is 0 Å². The van der Waals surface area contributed by atoms with Gasteiger partial charge in [0.25, 0.3) is 10.1 Å². The number of aryl methyl sites for hydroxylation is 2. The Labute approximate surface area is 144 Å². The van der Waals surface area contributed by atoms with Crippen molar-refractivity contribution < 1.29 is 13.0 Å². The van der Waals surface area contributed by atoms with Gasteiger partial charge in [0.2, 0.25) is 0 Å². The van der Waals surface area contributed by atoms with Crippen LogP contribution in [-0.2, 0) is 10.1 Å². The Hall–Kier alpha value is -1.41. The molecule has 0 spiro atoms. The summed E-state index contributed by atoms with van der Waals surface area (Å²) >= 11 is 3.47. The molecule has 7 heteroatoms. The van der Waals surface area contributed by atoms with Gasteiger partial charge in [-0.1, -0.05) is 41.6 Å². The summed E-state index contributed by atoms with van der Waals surface area (Å²) in [6.45, 7) is 3.94. The van der Waals surface area contributed by atoms with Crippen LogP contribution in [0.4, 0.5) is 0 Å². The highest BCUT2D eigenvalue weighted by Gasteiger charge is 2.06. The zero-order valence-electron chi connectivity index (χ0n) is 13.0. The Morgan fingerprint density at radius 1 is 1.09 bits per heavy atom. The number of benzene rings is 2. The standard InChI is InChI=1S/C9H9NS2.C7H8O3S/c1-6-4-3-5-7-8(6)10-9(11-2)12-7;1-6-2-4-7(5-3-6)11(8,9)10/h3-5H,1-2H3;2-5H,1H3,(H,8,9,10). The van der Waals surface area contributed by atoms with Crippen LogP contribution >= 0.6 is 23.1 Å². The minimum Gasteiger partial charge on any atom is -0.282 e. The summed E-state index contributed by atoms with van der Waals surface area (Å²) in [5.74, 6) is 0. The van der Waals surface area contributed by atoms with Crippen molar-refractivity contribution in [1.82, 2.24) is 4.98 Å². The molecule has 1 N–H and O–H groups in total. The highest BCUT2D eigenvalue weighted by Crippen LogP contribution is 2.29. The van der Waals surface area contributed by atoms with Crippen LogP contribution in [0.15, 0.2) is 51.7 Å². The van der Waals surface area contributed by atoms with Crippen molar-refractivity contribution in [2.75, 3.05) is 6.26 Å². The summed E-state index contributed by atoms with van der Waals surface area (Å²) in [6, 6.07) is 12.3. The molecule has 0 fully saturated rings. The monoisotopic (exact) mass is 367 g/mol. The maximum atomic E-state index is 10.5. The number of thiazole rings is 1. The molecule has 0 aliphatic heterocycles. The number of nitrogens with zero attached hydrogens (tertiary/aromatic N) is 1. The van der Waals surface area contributed by atoms with Crippen LogP contribution in [0.2, 0.25) is 0 Å². The predicted octanol–water partition coefficient (Wildman–Crippen LogP) is 4.57. The fourth-order valence-corrected chi connectivity index (χ4v) is 3.90. The van der Waals surface area contributed by atoms with Crippen LogP contribution in [-0.4, -0.2) is 24.2 Å². The summed E-state index contributed by atoms with van der Waals surface area (Å²) in [4.78, 5) is 4.45. The number of para-hydroxylation sites is 1. The first-order valence-electron chi connectivity index (χ1n) is 6.75. The summed E-state index contributed by atoms with van der Waals surface area (Å²) < 4.78 is 32.0. The van der Waals surface area contributed by atoms with Crippen molar-refractivity contribution in [1.29, 1.82) is 0 Å². The maximum absolute atomic E-state index is 10.5. The van der Waals surface area contributed by atoms with Crippen molar-refractivity contribution >= 4 is 43.4 Å². The second kappa shape index (κ2) is 7.44. The third-order valence-electron chi connectivity index (χ3n) is 3.09. The van der Waals surface area contributed by atoms with Gasteiger partial charge in [-0.15, -0.1) is 11.3 Å². The molecule has 0 unspecified atom stereocenters. The van der Waals surface area contributed by atoms with Crippen molar-refractivity contribution in [3.8, 4) is 0 Å². The van der Waals surface area contributed by atoms with Crippen LogP contribution in [0.5, 0.6) is 0 Å². The molecule has 0 aliphatic rings. The normalized spacial score (nSPS) is 11.1. The third-order valence-corrected chi connectivity index (χ3v) is 5.97. The van der Waals surface area contributed by atoms with Gasteiger partial charge in [-0.3, -0.25) is 4.55 Å². The van der Waals surface area contributed by atoms with E-state index in [4.69, 9.17) is 4.55 Å². The zero-order valence-corrected chi connectivity index (χ0v) is 15.4. The van der Waals surface area contributed by atoms with Gasteiger partial charge in [0, 0.05) is 0 Å². The van der Waals surface area contributed by atoms with Crippen molar-refractivity contribution in [3.63, 3.8) is 0 Å². The molecule has 0 saturated heterocycles. The van der Waals surface area contributed by atoms with E-state index in [1.54, 1.807) is 35.2 Å². The van der Waals surface area contributed by atoms with E-state index >= 15 is 0 Å². The van der Waals surface area contributed by atoms with Crippen LogP contribution in [0.25, 0.3) is 10.2 Å². The van der Waals surface area contributed by atoms with E-state index < -0.39 is 10.1 Å². The fourth-order valence-electron chi connectivity index (χ4n) is 1.86. The molecule has 122 valence electrons. The van der Waals surface area contributed by atoms with Gasteiger partial charge in [-0.2, -0.15) is 8.42 Å². The molecule has 23 heavy (non-hydrogen) atoms. The number of hydrogen-bond acceptors (Lipinski definition) is 5. The van der Waals surface area contributed by atoms with Gasteiger partial charge in [0.1, 0.15) is 0 Å². The van der Waals surface area contributed by atoms with E-state index in [9.17, 15) is 8.42 Å². The largest absolute Gasteiger partial charge is 0.294 e. The molecular formula is C16H17NO3S3. The molecule has 0 amide bonds. The molecule has 4 nitrogen and oxygen atoms in total. The topological polar surface area (TPSA) is 67.3 Å². The second-order valence-corrected chi connectivity index (χ2v) is 8.40. The van der Waals surface area contributed by atoms with Gasteiger partial charge < -0.3 is 0 Å². The van der Waals surface area contributed by atoms with E-state index in [-0.39, 0.29) is 4.90 Å². The Kier molecular flexibility index (Phi) is 5.80. The average Bonchev–Trinajstić information content (AvgIpc) is 2.92. The molecule has 0 bridgehead atoms. The number of rotatable bonds is 2. The molecule has 0 atom stereocenters. The van der Waals surface area contributed by atoms with Gasteiger partial charge in [0.15, 0.2) is 4.34 Å². The van der Waals surface area contributed by atoms with Gasteiger partial charge in [0.05, 0.1) is 15.1 Å². The van der Waals surface area contributed by atoms with E-state index in [0.29, 0.717) is 0 Å². The first kappa shape index (κ1) is 17.9. The SMILES string of the molecule is CSc1nc2c(C)cccc2s1.Cc1ccc(S(=O)(=O)O)cc1. The minimum absolute atomic E-state index is 0.0666. The first-order valence-corrected chi connectivity index (χ1v) is 10.2. The Morgan fingerprint density at radius 3 is 2.26 bits per heavy atom. The number of thioether (sulfide) groups is 1. The molecule has 1 heterocycles. The summed E-state index contributed by atoms with van der Waals surface area (Å²) in [5.41, 5.74) is 3.38. The maximum Gasteiger partial charge on any atom is 0.294 e. The molecule has 0 radical (unpaired) electrons. The Balaban J connectivity index is 0.000000168. The molecule has 2 aromatic carbocycles. The summed E-state index contributed by atoms with van der Waals surface area (Å²) in [5, 5.41) is 0. The third kappa shape index (κ3) is 4.78. The fraction of sp³-hybridized carbons (Fsp3) is 0.188. The number of aromatic nitrogens is 1. The van der Waals surface area contributed by atoms with Crippen LogP contribution in [0.3, 0.4) is 0 Å². The van der Waals surface area contributed by atoms with Gasteiger partial charge in [-0.25, -0.2) is 4.98 Å². The van der Waals surface area contributed by atoms with Gasteiger partial charge in [-0.05, 0) is 43.9 Å². The highest BCUT2D eigenvalue weighted by atomic mass is 32.2. The van der Waals surface area contributed by atoms with E-state index in [1.807, 2.05) is 6.92 Å². The lowest BCUT2D eigenvalue weighted by molar-refractivity contribution is 0.483. The molecular weight excluding hydrogens is 350 g/mol. The number of fused-ring (bicyclic) bond motifs is 1. The zero-order chi connectivity index (χ0) is 17.0. The van der Waals surface area contributed by atoms with Crippen LogP contribution in [0.1, 0.15) is 11.1 Å². The quantitative estimate of drug-likeness (QED) is 0.531. The molecule has 0 saturated carbocycles. The lowest BCUT2D eigenvalue weighted by Gasteiger charge is -1.95. The van der Waals surface area contributed by atoms with E-state index in [2.05, 4.69) is 36.4 Å². The first-order chi connectivity index (χ1) is 10.8.